The number of pyridine rings is 2. The van der Waals surface area contributed by atoms with Crippen LogP contribution in [0.5, 0.6) is 5.75 Å². The number of ether oxygens (including phenoxy) is 2. The lowest BCUT2D eigenvalue weighted by molar-refractivity contribution is 0.0854. The predicted molar refractivity (Wildman–Crippen MR) is 104 cm³/mol. The summed E-state index contributed by atoms with van der Waals surface area (Å²) in [4.78, 5) is 9.07. The molecular weight excluding hydrogens is 348 g/mol. The van der Waals surface area contributed by atoms with E-state index in [1.165, 1.54) is 11.1 Å². The minimum absolute atomic E-state index is 0.435. The third-order valence-electron chi connectivity index (χ3n) is 5.02. The van der Waals surface area contributed by atoms with E-state index in [0.717, 1.165) is 48.2 Å². The van der Waals surface area contributed by atoms with Crippen molar-refractivity contribution >= 4 is 22.5 Å². The van der Waals surface area contributed by atoms with Crippen molar-refractivity contribution in [2.24, 2.45) is 0 Å². The highest BCUT2D eigenvalue weighted by Crippen LogP contribution is 2.41. The summed E-state index contributed by atoms with van der Waals surface area (Å²) < 4.78 is 10.9. The third-order valence-corrected chi connectivity index (χ3v) is 5.31. The van der Waals surface area contributed by atoms with Gasteiger partial charge in [0.1, 0.15) is 5.75 Å². The maximum atomic E-state index is 6.45. The van der Waals surface area contributed by atoms with Gasteiger partial charge in [-0.2, -0.15) is 0 Å². The lowest BCUT2D eigenvalue weighted by Crippen LogP contribution is -2.15. The zero-order valence-electron chi connectivity index (χ0n) is 15.0. The van der Waals surface area contributed by atoms with Crippen molar-refractivity contribution in [2.75, 3.05) is 20.3 Å². The molecule has 0 atom stereocenters. The molecule has 134 valence electrons. The number of halogens is 1. The molecule has 0 spiro atoms. The van der Waals surface area contributed by atoms with Gasteiger partial charge >= 0.3 is 0 Å². The third kappa shape index (κ3) is 3.15. The van der Waals surface area contributed by atoms with Crippen molar-refractivity contribution < 1.29 is 9.47 Å². The number of benzene rings is 1. The molecule has 26 heavy (non-hydrogen) atoms. The van der Waals surface area contributed by atoms with E-state index < -0.39 is 0 Å². The molecule has 0 amide bonds. The van der Waals surface area contributed by atoms with Gasteiger partial charge in [0.25, 0.3) is 0 Å². The molecule has 3 heterocycles. The largest absolute Gasteiger partial charge is 0.495 e. The van der Waals surface area contributed by atoms with E-state index in [0.29, 0.717) is 16.7 Å². The van der Waals surface area contributed by atoms with E-state index >= 15 is 0 Å². The van der Waals surface area contributed by atoms with Gasteiger partial charge in [0.05, 0.1) is 17.6 Å². The fourth-order valence-corrected chi connectivity index (χ4v) is 3.95. The van der Waals surface area contributed by atoms with Crippen molar-refractivity contribution in [1.82, 2.24) is 9.97 Å². The van der Waals surface area contributed by atoms with Gasteiger partial charge in [0, 0.05) is 42.8 Å². The summed E-state index contributed by atoms with van der Waals surface area (Å²) in [6, 6.07) is 8.05. The smallest absolute Gasteiger partial charge is 0.139 e. The summed E-state index contributed by atoms with van der Waals surface area (Å²) in [5.74, 6) is 1.08. The summed E-state index contributed by atoms with van der Waals surface area (Å²) >= 11 is 6.45. The van der Waals surface area contributed by atoms with Crippen molar-refractivity contribution in [3.8, 4) is 16.9 Å². The lowest BCUT2D eigenvalue weighted by atomic mass is 9.85. The van der Waals surface area contributed by atoms with Crippen molar-refractivity contribution in [3.05, 3.63) is 52.9 Å². The molecule has 0 N–H and O–H groups in total. The maximum Gasteiger partial charge on any atom is 0.139 e. The van der Waals surface area contributed by atoms with Gasteiger partial charge < -0.3 is 9.47 Å². The fourth-order valence-electron chi connectivity index (χ4n) is 3.71. The van der Waals surface area contributed by atoms with Crippen LogP contribution in [0.25, 0.3) is 22.0 Å². The second kappa shape index (κ2) is 7.22. The van der Waals surface area contributed by atoms with Gasteiger partial charge in [-0.05, 0) is 60.6 Å². The first-order chi connectivity index (χ1) is 12.7. The van der Waals surface area contributed by atoms with Crippen LogP contribution in [0, 0.1) is 6.92 Å². The molecule has 1 aliphatic heterocycles. The van der Waals surface area contributed by atoms with E-state index in [-0.39, 0.29) is 0 Å². The van der Waals surface area contributed by atoms with E-state index in [4.69, 9.17) is 26.1 Å². The van der Waals surface area contributed by atoms with Crippen LogP contribution >= 0.6 is 11.6 Å². The van der Waals surface area contributed by atoms with Crippen molar-refractivity contribution in [3.63, 3.8) is 0 Å². The van der Waals surface area contributed by atoms with Gasteiger partial charge in [-0.25, -0.2) is 0 Å². The Labute approximate surface area is 158 Å². The normalized spacial score (nSPS) is 15.3. The molecule has 1 aliphatic rings. The van der Waals surface area contributed by atoms with Crippen LogP contribution in [0.2, 0.25) is 5.02 Å². The summed E-state index contributed by atoms with van der Waals surface area (Å²) in [5.41, 5.74) is 5.47. The molecule has 5 heteroatoms. The number of fused-ring (bicyclic) bond motifs is 1. The van der Waals surface area contributed by atoms with Crippen molar-refractivity contribution in [1.29, 1.82) is 0 Å². The Morgan fingerprint density at radius 3 is 2.69 bits per heavy atom. The molecule has 0 aliphatic carbocycles. The molecule has 4 rings (SSSR count). The minimum atomic E-state index is 0.435. The zero-order chi connectivity index (χ0) is 18.1. The van der Waals surface area contributed by atoms with Crippen LogP contribution in [0.4, 0.5) is 0 Å². The molecule has 1 aromatic carbocycles. The Balaban J connectivity index is 1.99. The van der Waals surface area contributed by atoms with Crippen LogP contribution in [-0.4, -0.2) is 30.3 Å². The van der Waals surface area contributed by atoms with Gasteiger partial charge in [-0.1, -0.05) is 11.6 Å². The standard InChI is InChI=1S/C21H21ClN2O2/c1-13-9-15(3-6-23-13)21-16-10-18(22)20(25-2)11-19(16)24-12-17(21)14-4-7-26-8-5-14/h3,6,9-12,14H,4-5,7-8H2,1-2H3. The molecule has 0 unspecified atom stereocenters. The molecular formula is C21H21ClN2O2. The second-order valence-corrected chi connectivity index (χ2v) is 7.07. The predicted octanol–water partition coefficient (Wildman–Crippen LogP) is 5.16. The van der Waals surface area contributed by atoms with Gasteiger partial charge in [0.2, 0.25) is 0 Å². The topological polar surface area (TPSA) is 44.2 Å². The zero-order valence-corrected chi connectivity index (χ0v) is 15.7. The van der Waals surface area contributed by atoms with Gasteiger partial charge in [-0.15, -0.1) is 0 Å². The Kier molecular flexibility index (Phi) is 4.79. The highest BCUT2D eigenvalue weighted by molar-refractivity contribution is 6.33. The number of hydrogen-bond donors (Lipinski definition) is 0. The van der Waals surface area contributed by atoms with Crippen LogP contribution in [-0.2, 0) is 4.74 Å². The Bertz CT molecular complexity index is 952. The monoisotopic (exact) mass is 368 g/mol. The maximum absolute atomic E-state index is 6.45. The first kappa shape index (κ1) is 17.3. The van der Waals surface area contributed by atoms with Crippen LogP contribution in [0.3, 0.4) is 0 Å². The number of methoxy groups -OCH3 is 1. The molecule has 3 aromatic rings. The van der Waals surface area contributed by atoms with Crippen LogP contribution < -0.4 is 4.74 Å². The summed E-state index contributed by atoms with van der Waals surface area (Å²) in [6.07, 6.45) is 5.88. The highest BCUT2D eigenvalue weighted by atomic mass is 35.5. The average molecular weight is 369 g/mol. The van der Waals surface area contributed by atoms with Gasteiger partial charge in [-0.3, -0.25) is 9.97 Å². The van der Waals surface area contributed by atoms with E-state index in [1.807, 2.05) is 31.5 Å². The highest BCUT2D eigenvalue weighted by Gasteiger charge is 2.22. The summed E-state index contributed by atoms with van der Waals surface area (Å²) in [6.45, 7) is 3.60. The Hall–Kier alpha value is -2.17. The number of nitrogens with zero attached hydrogens (tertiary/aromatic N) is 2. The minimum Gasteiger partial charge on any atom is -0.495 e. The average Bonchev–Trinajstić information content (AvgIpc) is 2.67. The SMILES string of the molecule is COc1cc2ncc(C3CCOCC3)c(-c3ccnc(C)c3)c2cc1Cl. The molecule has 1 fully saturated rings. The Morgan fingerprint density at radius 2 is 1.96 bits per heavy atom. The number of aryl methyl sites for hydroxylation is 1. The summed E-state index contributed by atoms with van der Waals surface area (Å²) in [5, 5.41) is 1.64. The molecule has 0 bridgehead atoms. The number of hydrogen-bond acceptors (Lipinski definition) is 4. The van der Waals surface area contributed by atoms with E-state index in [1.54, 1.807) is 7.11 Å². The molecule has 1 saturated heterocycles. The Morgan fingerprint density at radius 1 is 1.15 bits per heavy atom. The lowest BCUT2D eigenvalue weighted by Gasteiger charge is -2.25. The molecule has 0 saturated carbocycles. The van der Waals surface area contributed by atoms with Gasteiger partial charge in [0.15, 0.2) is 0 Å². The first-order valence-electron chi connectivity index (χ1n) is 8.84. The quantitative estimate of drug-likeness (QED) is 0.640. The second-order valence-electron chi connectivity index (χ2n) is 6.66. The van der Waals surface area contributed by atoms with Crippen molar-refractivity contribution in [2.45, 2.75) is 25.7 Å². The van der Waals surface area contributed by atoms with E-state index in [2.05, 4.69) is 17.1 Å². The molecule has 0 radical (unpaired) electrons. The van der Waals surface area contributed by atoms with Crippen LogP contribution in [0.15, 0.2) is 36.7 Å². The number of rotatable bonds is 3. The number of aromatic nitrogens is 2. The molecule has 2 aromatic heterocycles. The summed E-state index contributed by atoms with van der Waals surface area (Å²) in [7, 11) is 1.62. The van der Waals surface area contributed by atoms with Crippen LogP contribution in [0.1, 0.15) is 30.0 Å². The van der Waals surface area contributed by atoms with E-state index in [9.17, 15) is 0 Å². The first-order valence-corrected chi connectivity index (χ1v) is 9.22. The molecule has 4 nitrogen and oxygen atoms in total. The fraction of sp³-hybridized carbons (Fsp3) is 0.333.